The second kappa shape index (κ2) is 13.2. The Morgan fingerprint density at radius 1 is 0.362 bits per heavy atom. The summed E-state index contributed by atoms with van der Waals surface area (Å²) in [4.78, 5) is 5.15. The second-order valence-electron chi connectivity index (χ2n) is 16.8. The van der Waals surface area contributed by atoms with Gasteiger partial charge in [-0.05, 0) is 160 Å². The first-order valence-electron chi connectivity index (χ1n) is 21.1. The molecule has 2 heteroatoms. The zero-order valence-electron chi connectivity index (χ0n) is 32.6. The second-order valence-corrected chi connectivity index (χ2v) is 16.8. The largest absolute Gasteiger partial charge is 0.310 e. The van der Waals surface area contributed by atoms with Gasteiger partial charge in [-0.1, -0.05) is 133 Å². The molecular formula is C56H44N2. The average Bonchev–Trinajstić information content (AvgIpc) is 4.02. The fraction of sp³-hybridized carbons (Fsp3) is 0.143. The molecule has 0 N–H and O–H groups in total. The molecule has 0 saturated heterocycles. The van der Waals surface area contributed by atoms with Crippen molar-refractivity contribution in [2.45, 2.75) is 37.5 Å². The van der Waals surface area contributed by atoms with E-state index in [1.165, 1.54) is 91.5 Å². The van der Waals surface area contributed by atoms with Crippen LogP contribution in [0, 0.1) is 11.8 Å². The molecule has 1 saturated carbocycles. The van der Waals surface area contributed by atoms with Crippen LogP contribution >= 0.6 is 0 Å². The highest BCUT2D eigenvalue weighted by Crippen LogP contribution is 2.69. The van der Waals surface area contributed by atoms with E-state index in [9.17, 15) is 0 Å². The van der Waals surface area contributed by atoms with Crippen LogP contribution in [0.1, 0.15) is 46.2 Å². The predicted octanol–water partition coefficient (Wildman–Crippen LogP) is 14.3. The Kier molecular flexibility index (Phi) is 7.63. The van der Waals surface area contributed by atoms with Gasteiger partial charge in [-0.25, -0.2) is 0 Å². The van der Waals surface area contributed by atoms with E-state index < -0.39 is 0 Å². The number of fused-ring (bicyclic) bond motifs is 5. The Balaban J connectivity index is 1.08. The molecule has 278 valence electrons. The van der Waals surface area contributed by atoms with Crippen molar-refractivity contribution in [3.8, 4) is 22.3 Å². The zero-order valence-corrected chi connectivity index (χ0v) is 32.6. The molecule has 3 atom stereocenters. The molecule has 2 nitrogen and oxygen atoms in total. The predicted molar refractivity (Wildman–Crippen MR) is 240 cm³/mol. The summed E-state index contributed by atoms with van der Waals surface area (Å²) < 4.78 is 0. The van der Waals surface area contributed by atoms with Gasteiger partial charge in [-0.15, -0.1) is 0 Å². The lowest BCUT2D eigenvalue weighted by Crippen LogP contribution is -2.34. The zero-order chi connectivity index (χ0) is 38.2. The van der Waals surface area contributed by atoms with Crippen LogP contribution < -0.4 is 9.80 Å². The summed E-state index contributed by atoms with van der Waals surface area (Å²) in [5.74, 6) is 1.08. The van der Waals surface area contributed by atoms with E-state index in [1.807, 2.05) is 0 Å². The SMILES string of the molecule is c1ccc(-c2cccc(N(c3ccccc3)c3cccc4c3C35c6c(cccc6N(c6ccccc6)c6ccc7c(c6)Cc6ccccc6-7)CC3CCC5C4)c2)cc1. The smallest absolute Gasteiger partial charge is 0.0505 e. The van der Waals surface area contributed by atoms with Crippen LogP contribution in [0.2, 0.25) is 0 Å². The molecule has 1 fully saturated rings. The van der Waals surface area contributed by atoms with Crippen molar-refractivity contribution in [1.82, 2.24) is 0 Å². The monoisotopic (exact) mass is 744 g/mol. The van der Waals surface area contributed by atoms with E-state index in [1.54, 1.807) is 11.1 Å². The van der Waals surface area contributed by atoms with Gasteiger partial charge in [0, 0.05) is 28.2 Å². The molecule has 0 bridgehead atoms. The van der Waals surface area contributed by atoms with Gasteiger partial charge in [0.15, 0.2) is 0 Å². The number of anilines is 6. The highest BCUT2D eigenvalue weighted by molar-refractivity contribution is 5.89. The highest BCUT2D eigenvalue weighted by Gasteiger charge is 2.62. The molecule has 0 aliphatic heterocycles. The summed E-state index contributed by atoms with van der Waals surface area (Å²) in [6, 6.07) is 72.7. The number of benzene rings is 8. The number of rotatable bonds is 7. The van der Waals surface area contributed by atoms with Crippen molar-refractivity contribution in [2.24, 2.45) is 11.8 Å². The maximum Gasteiger partial charge on any atom is 0.0505 e. The van der Waals surface area contributed by atoms with Crippen LogP contribution in [-0.2, 0) is 24.7 Å². The molecule has 0 aromatic heterocycles. The van der Waals surface area contributed by atoms with Crippen molar-refractivity contribution in [2.75, 3.05) is 9.80 Å². The van der Waals surface area contributed by atoms with Gasteiger partial charge < -0.3 is 9.80 Å². The molecule has 8 aromatic rings. The van der Waals surface area contributed by atoms with Crippen molar-refractivity contribution >= 4 is 34.1 Å². The molecule has 0 amide bonds. The van der Waals surface area contributed by atoms with Crippen LogP contribution in [0.3, 0.4) is 0 Å². The molecule has 4 aliphatic rings. The van der Waals surface area contributed by atoms with Crippen molar-refractivity contribution in [1.29, 1.82) is 0 Å². The molecule has 4 aliphatic carbocycles. The first-order valence-corrected chi connectivity index (χ1v) is 21.1. The van der Waals surface area contributed by atoms with Crippen LogP contribution in [-0.4, -0.2) is 0 Å². The lowest BCUT2D eigenvalue weighted by Gasteiger charge is -2.40. The third-order valence-electron chi connectivity index (χ3n) is 13.9. The van der Waals surface area contributed by atoms with Gasteiger partial charge in [0.05, 0.1) is 11.4 Å². The topological polar surface area (TPSA) is 6.48 Å². The molecule has 8 aromatic carbocycles. The summed E-state index contributed by atoms with van der Waals surface area (Å²) in [5.41, 5.74) is 21.5. The van der Waals surface area contributed by atoms with Crippen LogP contribution in [0.25, 0.3) is 22.3 Å². The number of hydrogen-bond donors (Lipinski definition) is 0. The minimum atomic E-state index is -0.109. The third kappa shape index (κ3) is 4.97. The van der Waals surface area contributed by atoms with E-state index in [2.05, 4.69) is 204 Å². The molecule has 1 spiro atoms. The molecule has 12 rings (SSSR count). The van der Waals surface area contributed by atoms with Crippen molar-refractivity contribution in [3.05, 3.63) is 228 Å². The minimum absolute atomic E-state index is 0.109. The lowest BCUT2D eigenvalue weighted by molar-refractivity contribution is 0.350. The van der Waals surface area contributed by atoms with Crippen molar-refractivity contribution < 1.29 is 0 Å². The maximum absolute atomic E-state index is 2.59. The summed E-state index contributed by atoms with van der Waals surface area (Å²) in [6.07, 6.45) is 5.71. The molecule has 3 unspecified atom stereocenters. The maximum atomic E-state index is 2.59. The lowest BCUT2D eigenvalue weighted by atomic mass is 9.68. The van der Waals surface area contributed by atoms with Gasteiger partial charge in [0.1, 0.15) is 0 Å². The quantitative estimate of drug-likeness (QED) is 0.160. The Labute approximate surface area is 341 Å². The molecule has 58 heavy (non-hydrogen) atoms. The summed E-state index contributed by atoms with van der Waals surface area (Å²) in [5, 5.41) is 0. The fourth-order valence-electron chi connectivity index (χ4n) is 11.8. The van der Waals surface area contributed by atoms with Gasteiger partial charge in [0.2, 0.25) is 0 Å². The Hall–Kier alpha value is -6.64. The first kappa shape index (κ1) is 33.5. The number of hydrogen-bond acceptors (Lipinski definition) is 2. The minimum Gasteiger partial charge on any atom is -0.310 e. The van der Waals surface area contributed by atoms with Gasteiger partial charge in [-0.2, -0.15) is 0 Å². The van der Waals surface area contributed by atoms with Crippen LogP contribution in [0.4, 0.5) is 34.1 Å². The standard InChI is InChI=1S/C56H44N2/c1-4-15-38(16-5-1)39-18-12-25-48(36-39)57(46-21-6-2-7-22-46)52-27-13-19-41-34-44-29-30-45-35-42-20-14-28-53(55(42)56(44,45)54(41)52)58(47-23-8-3-9-24-47)49-31-32-51-43(37-49)33-40-17-10-11-26-50(40)51/h1-28,31-32,36-37,44-45H,29-30,33-35H2. The number of para-hydroxylation sites is 2. The Morgan fingerprint density at radius 2 is 0.845 bits per heavy atom. The Morgan fingerprint density at radius 3 is 1.48 bits per heavy atom. The summed E-state index contributed by atoms with van der Waals surface area (Å²) in [7, 11) is 0. The van der Waals surface area contributed by atoms with Crippen LogP contribution in [0.15, 0.2) is 194 Å². The fourth-order valence-corrected chi connectivity index (χ4v) is 11.8. The molecule has 0 heterocycles. The normalized spacial score (nSPS) is 19.1. The van der Waals surface area contributed by atoms with Gasteiger partial charge in [0.25, 0.3) is 0 Å². The Bertz CT molecular complexity index is 2840. The average molecular weight is 745 g/mol. The number of nitrogens with zero attached hydrogens (tertiary/aromatic N) is 2. The van der Waals surface area contributed by atoms with Gasteiger partial charge >= 0.3 is 0 Å². The summed E-state index contributed by atoms with van der Waals surface area (Å²) >= 11 is 0. The molecule has 0 radical (unpaired) electrons. The highest BCUT2D eigenvalue weighted by atomic mass is 15.2. The summed E-state index contributed by atoms with van der Waals surface area (Å²) in [6.45, 7) is 0. The van der Waals surface area contributed by atoms with Gasteiger partial charge in [-0.3, -0.25) is 0 Å². The van der Waals surface area contributed by atoms with E-state index in [0.717, 1.165) is 19.3 Å². The van der Waals surface area contributed by atoms with E-state index in [4.69, 9.17) is 0 Å². The van der Waals surface area contributed by atoms with E-state index in [-0.39, 0.29) is 5.41 Å². The van der Waals surface area contributed by atoms with E-state index in [0.29, 0.717) is 11.8 Å². The third-order valence-corrected chi connectivity index (χ3v) is 13.9. The van der Waals surface area contributed by atoms with Crippen LogP contribution in [0.5, 0.6) is 0 Å². The first-order chi connectivity index (χ1) is 28.8. The van der Waals surface area contributed by atoms with E-state index >= 15 is 0 Å². The molecular weight excluding hydrogens is 701 g/mol. The van der Waals surface area contributed by atoms with Crippen molar-refractivity contribution in [3.63, 3.8) is 0 Å².